The van der Waals surface area contributed by atoms with Crippen LogP contribution in [-0.2, 0) is 29.8 Å². The van der Waals surface area contributed by atoms with Crippen LogP contribution in [0.15, 0.2) is 68.6 Å². The van der Waals surface area contributed by atoms with Crippen molar-refractivity contribution in [2.24, 2.45) is 10.2 Å². The fourth-order valence-electron chi connectivity index (χ4n) is 3.26. The maximum Gasteiger partial charge on any atom is 0.296 e. The molecule has 1 fully saturated rings. The molecular weight excluding hydrogens is 502 g/mol. The number of nitrogens with one attached hydrogen (secondary N) is 1. The predicted octanol–water partition coefficient (Wildman–Crippen LogP) is 3.48. The zero-order valence-electron chi connectivity index (χ0n) is 18.1. The summed E-state index contributed by atoms with van der Waals surface area (Å²) in [5.74, 6) is -0.780. The molecular formula is C21H19N3O9S2. The first-order valence-electron chi connectivity index (χ1n) is 10.0. The first kappa shape index (κ1) is 24.7. The Bertz CT molecular complexity index is 1550. The Hall–Kier alpha value is -3.43. The van der Waals surface area contributed by atoms with Crippen molar-refractivity contribution in [3.8, 4) is 5.75 Å². The van der Waals surface area contributed by atoms with Gasteiger partial charge >= 0.3 is 0 Å². The summed E-state index contributed by atoms with van der Waals surface area (Å²) >= 11 is 0. The number of rotatable bonds is 8. The van der Waals surface area contributed by atoms with E-state index in [4.69, 9.17) is 9.47 Å². The molecule has 1 aliphatic heterocycles. The van der Waals surface area contributed by atoms with Crippen molar-refractivity contribution in [2.45, 2.75) is 22.8 Å². The molecule has 0 bridgehead atoms. The van der Waals surface area contributed by atoms with E-state index in [1.807, 2.05) is 0 Å². The van der Waals surface area contributed by atoms with Gasteiger partial charge in [-0.05, 0) is 35.7 Å². The Morgan fingerprint density at radius 1 is 1.09 bits per heavy atom. The number of hydrogen-bond acceptors (Lipinski definition) is 9. The molecule has 3 N–H and O–H groups in total. The number of amides is 1. The molecule has 1 aliphatic rings. The van der Waals surface area contributed by atoms with Crippen molar-refractivity contribution in [3.63, 3.8) is 0 Å². The first-order valence-corrected chi connectivity index (χ1v) is 12.9. The fourth-order valence-corrected chi connectivity index (χ4v) is 4.45. The van der Waals surface area contributed by atoms with Gasteiger partial charge in [0.2, 0.25) is 5.91 Å². The second kappa shape index (κ2) is 9.31. The number of benzene rings is 3. The summed E-state index contributed by atoms with van der Waals surface area (Å²) in [6, 6.07) is 11.3. The van der Waals surface area contributed by atoms with Gasteiger partial charge in [-0.25, -0.2) is 0 Å². The van der Waals surface area contributed by atoms with Crippen LogP contribution in [0.5, 0.6) is 5.75 Å². The predicted molar refractivity (Wildman–Crippen MR) is 124 cm³/mol. The summed E-state index contributed by atoms with van der Waals surface area (Å²) < 4.78 is 78.7. The van der Waals surface area contributed by atoms with E-state index in [9.17, 15) is 30.7 Å². The summed E-state index contributed by atoms with van der Waals surface area (Å²) in [4.78, 5) is 10.5. The second-order valence-electron chi connectivity index (χ2n) is 7.55. The van der Waals surface area contributed by atoms with Gasteiger partial charge in [0.15, 0.2) is 5.75 Å². The molecule has 1 atom stereocenters. The van der Waals surface area contributed by atoms with Crippen LogP contribution in [0, 0.1) is 0 Å². The number of nitrogens with zero attached hydrogens (tertiary/aromatic N) is 2. The molecule has 184 valence electrons. The molecule has 0 radical (unpaired) electrons. The Labute approximate surface area is 200 Å². The van der Waals surface area contributed by atoms with Gasteiger partial charge in [0.05, 0.1) is 22.9 Å². The summed E-state index contributed by atoms with van der Waals surface area (Å²) in [6.45, 7) is 1.55. The molecule has 1 unspecified atom stereocenters. The zero-order valence-corrected chi connectivity index (χ0v) is 19.7. The van der Waals surface area contributed by atoms with E-state index in [0.29, 0.717) is 12.3 Å². The average Bonchev–Trinajstić information content (AvgIpc) is 3.59. The lowest BCUT2D eigenvalue weighted by atomic mass is 10.1. The van der Waals surface area contributed by atoms with Crippen molar-refractivity contribution in [3.05, 3.63) is 48.5 Å². The second-order valence-corrected chi connectivity index (χ2v) is 10.4. The van der Waals surface area contributed by atoms with E-state index >= 15 is 0 Å². The smallest absolute Gasteiger partial charge is 0.296 e. The van der Waals surface area contributed by atoms with Crippen LogP contribution in [0.4, 0.5) is 17.1 Å². The largest absolute Gasteiger partial charge is 0.488 e. The van der Waals surface area contributed by atoms with E-state index in [0.717, 1.165) is 18.2 Å². The highest BCUT2D eigenvalue weighted by molar-refractivity contribution is 7.86. The highest BCUT2D eigenvalue weighted by Crippen LogP contribution is 2.46. The minimum Gasteiger partial charge on any atom is -0.488 e. The van der Waals surface area contributed by atoms with E-state index in [1.54, 1.807) is 30.3 Å². The number of ether oxygens (including phenoxy) is 2. The topological polar surface area (TPSA) is 184 Å². The molecule has 4 rings (SSSR count). The van der Waals surface area contributed by atoms with Gasteiger partial charge in [0.1, 0.15) is 23.3 Å². The van der Waals surface area contributed by atoms with Crippen LogP contribution < -0.4 is 10.1 Å². The van der Waals surface area contributed by atoms with E-state index in [-0.39, 0.29) is 40.6 Å². The normalized spacial score (nSPS) is 15.9. The van der Waals surface area contributed by atoms with Gasteiger partial charge in [-0.2, -0.15) is 21.9 Å². The quantitative estimate of drug-likeness (QED) is 0.227. The Morgan fingerprint density at radius 3 is 2.34 bits per heavy atom. The van der Waals surface area contributed by atoms with Gasteiger partial charge in [0.25, 0.3) is 20.2 Å². The summed E-state index contributed by atoms with van der Waals surface area (Å²) in [5.41, 5.74) is -0.114. The van der Waals surface area contributed by atoms with Crippen molar-refractivity contribution < 1.29 is 40.2 Å². The molecule has 0 aromatic heterocycles. The van der Waals surface area contributed by atoms with Crippen molar-refractivity contribution in [1.82, 2.24) is 0 Å². The fraction of sp³-hybridized carbons (Fsp3) is 0.190. The number of carbonyl (C=O) groups excluding carboxylic acids is 1. The standard InChI is InChI=1S/C21H19N3O9S2/c1-12(25)22-17-9-16(34(26,27)28)7-13-8-18(35(29,30)31)20(24-23-14-5-3-2-4-6-14)21(19(13)17)33-11-15-10-32-15/h2-9,15H,10-11H2,1H3,(H,22,25)(H,26,27,28)(H,29,30,31). The lowest BCUT2D eigenvalue weighted by molar-refractivity contribution is -0.114. The molecule has 1 heterocycles. The number of fused-ring (bicyclic) bond motifs is 1. The van der Waals surface area contributed by atoms with Crippen LogP contribution in [0.25, 0.3) is 10.8 Å². The van der Waals surface area contributed by atoms with E-state index < -0.39 is 35.9 Å². The van der Waals surface area contributed by atoms with Gasteiger partial charge in [-0.3, -0.25) is 13.9 Å². The molecule has 1 saturated heterocycles. The Balaban J connectivity index is 2.08. The third-order valence-corrected chi connectivity index (χ3v) is 6.53. The van der Waals surface area contributed by atoms with Crippen LogP contribution in [0.3, 0.4) is 0 Å². The van der Waals surface area contributed by atoms with Crippen molar-refractivity contribution >= 4 is 54.0 Å². The van der Waals surface area contributed by atoms with Crippen LogP contribution in [-0.4, -0.2) is 51.2 Å². The zero-order chi connectivity index (χ0) is 25.4. The number of azo groups is 1. The molecule has 0 spiro atoms. The van der Waals surface area contributed by atoms with Crippen LogP contribution >= 0.6 is 0 Å². The molecule has 14 heteroatoms. The lowest BCUT2D eigenvalue weighted by Crippen LogP contribution is -2.11. The third-order valence-electron chi connectivity index (χ3n) is 4.83. The molecule has 35 heavy (non-hydrogen) atoms. The van der Waals surface area contributed by atoms with Crippen molar-refractivity contribution in [2.75, 3.05) is 18.5 Å². The number of carbonyl (C=O) groups is 1. The summed E-state index contributed by atoms with van der Waals surface area (Å²) in [5, 5.41) is 10.5. The average molecular weight is 522 g/mol. The minimum atomic E-state index is -4.92. The third kappa shape index (κ3) is 5.80. The van der Waals surface area contributed by atoms with Gasteiger partial charge in [0, 0.05) is 12.3 Å². The maximum absolute atomic E-state index is 12.3. The highest BCUT2D eigenvalue weighted by Gasteiger charge is 2.29. The number of anilines is 1. The summed E-state index contributed by atoms with van der Waals surface area (Å²) in [6.07, 6.45) is -0.278. The lowest BCUT2D eigenvalue weighted by Gasteiger charge is -2.17. The van der Waals surface area contributed by atoms with Crippen LogP contribution in [0.1, 0.15) is 6.92 Å². The van der Waals surface area contributed by atoms with Gasteiger partial charge < -0.3 is 14.8 Å². The SMILES string of the molecule is CC(=O)Nc1cc(S(=O)(=O)O)cc2cc(S(=O)(=O)O)c(N=Nc3ccccc3)c(OCC3CO3)c12. The highest BCUT2D eigenvalue weighted by atomic mass is 32.2. The van der Waals surface area contributed by atoms with Crippen LogP contribution in [0.2, 0.25) is 0 Å². The molecule has 0 saturated carbocycles. The maximum atomic E-state index is 12.3. The molecule has 3 aromatic carbocycles. The van der Waals surface area contributed by atoms with E-state index in [1.165, 1.54) is 6.92 Å². The first-order chi connectivity index (χ1) is 16.4. The monoisotopic (exact) mass is 521 g/mol. The number of epoxide rings is 1. The minimum absolute atomic E-state index is 0.0303. The number of hydrogen-bond donors (Lipinski definition) is 3. The van der Waals surface area contributed by atoms with Gasteiger partial charge in [-0.15, -0.1) is 5.11 Å². The summed E-state index contributed by atoms with van der Waals surface area (Å²) in [7, 11) is -9.68. The molecule has 0 aliphatic carbocycles. The molecule has 3 aromatic rings. The molecule has 12 nitrogen and oxygen atoms in total. The molecule has 1 amide bonds. The van der Waals surface area contributed by atoms with Crippen molar-refractivity contribution in [1.29, 1.82) is 0 Å². The Morgan fingerprint density at radius 2 is 1.77 bits per heavy atom. The van der Waals surface area contributed by atoms with E-state index in [2.05, 4.69) is 15.5 Å². The Kier molecular flexibility index (Phi) is 6.57. The van der Waals surface area contributed by atoms with Gasteiger partial charge in [-0.1, -0.05) is 18.2 Å².